The van der Waals surface area contributed by atoms with Crippen molar-refractivity contribution in [3.63, 3.8) is 0 Å². The molecule has 0 saturated carbocycles. The Morgan fingerprint density at radius 3 is 2.95 bits per heavy atom. The monoisotopic (exact) mass is 260 g/mol. The number of likely N-dealkylation sites (N-methyl/N-ethyl adjacent to an activating group) is 1. The van der Waals surface area contributed by atoms with Crippen molar-refractivity contribution in [2.24, 2.45) is 5.92 Å². The predicted octanol–water partition coefficient (Wildman–Crippen LogP) is 3.09. The van der Waals surface area contributed by atoms with E-state index in [9.17, 15) is 4.79 Å². The fourth-order valence-corrected chi connectivity index (χ4v) is 2.68. The average Bonchev–Trinajstić information content (AvgIpc) is 2.45. The van der Waals surface area contributed by atoms with Crippen LogP contribution in [0.4, 0.5) is 5.69 Å². The van der Waals surface area contributed by atoms with Gasteiger partial charge in [-0.15, -0.1) is 0 Å². The summed E-state index contributed by atoms with van der Waals surface area (Å²) < 4.78 is 0. The van der Waals surface area contributed by atoms with Gasteiger partial charge in [-0.2, -0.15) is 0 Å². The van der Waals surface area contributed by atoms with Gasteiger partial charge in [0, 0.05) is 25.8 Å². The number of nitrogens with one attached hydrogen (secondary N) is 1. The van der Waals surface area contributed by atoms with Gasteiger partial charge in [0.1, 0.15) is 0 Å². The molecule has 2 atom stereocenters. The highest BCUT2D eigenvalue weighted by Gasteiger charge is 2.28. The molecular weight excluding hydrogens is 236 g/mol. The SMILES string of the molecule is CCC(C)CN(C)C(=O)C1CCNc2ccccc21. The van der Waals surface area contributed by atoms with E-state index in [-0.39, 0.29) is 11.8 Å². The van der Waals surface area contributed by atoms with Crippen molar-refractivity contribution in [1.29, 1.82) is 0 Å². The van der Waals surface area contributed by atoms with E-state index in [2.05, 4.69) is 31.3 Å². The lowest BCUT2D eigenvalue weighted by atomic mass is 9.89. The molecule has 3 nitrogen and oxygen atoms in total. The van der Waals surface area contributed by atoms with Crippen LogP contribution in [0.1, 0.15) is 38.2 Å². The van der Waals surface area contributed by atoms with Gasteiger partial charge in [0.2, 0.25) is 5.91 Å². The van der Waals surface area contributed by atoms with E-state index >= 15 is 0 Å². The van der Waals surface area contributed by atoms with Crippen molar-refractivity contribution < 1.29 is 4.79 Å². The Balaban J connectivity index is 2.12. The van der Waals surface area contributed by atoms with Crippen molar-refractivity contribution in [3.05, 3.63) is 29.8 Å². The summed E-state index contributed by atoms with van der Waals surface area (Å²) in [6, 6.07) is 8.16. The maximum Gasteiger partial charge on any atom is 0.230 e. The molecule has 2 rings (SSSR count). The van der Waals surface area contributed by atoms with Crippen LogP contribution in [0.5, 0.6) is 0 Å². The molecule has 0 bridgehead atoms. The number of carbonyl (C=O) groups excluding carboxylic acids is 1. The summed E-state index contributed by atoms with van der Waals surface area (Å²) in [6.07, 6.45) is 2.00. The summed E-state index contributed by atoms with van der Waals surface area (Å²) in [5.41, 5.74) is 2.26. The molecule has 104 valence electrons. The lowest BCUT2D eigenvalue weighted by Gasteiger charge is -2.30. The molecule has 1 N–H and O–H groups in total. The molecule has 0 saturated heterocycles. The maximum absolute atomic E-state index is 12.6. The van der Waals surface area contributed by atoms with Gasteiger partial charge in [0.05, 0.1) is 5.92 Å². The molecule has 3 heteroatoms. The largest absolute Gasteiger partial charge is 0.385 e. The molecule has 0 fully saturated rings. The molecule has 2 unspecified atom stereocenters. The topological polar surface area (TPSA) is 32.3 Å². The molecule has 1 heterocycles. The van der Waals surface area contributed by atoms with E-state index in [4.69, 9.17) is 0 Å². The minimum absolute atomic E-state index is 0.0199. The van der Waals surface area contributed by atoms with Crippen molar-refractivity contribution >= 4 is 11.6 Å². The summed E-state index contributed by atoms with van der Waals surface area (Å²) in [5.74, 6) is 0.840. The lowest BCUT2D eigenvalue weighted by molar-refractivity contribution is -0.132. The molecule has 1 aromatic carbocycles. The third-order valence-electron chi connectivity index (χ3n) is 4.04. The highest BCUT2D eigenvalue weighted by molar-refractivity contribution is 5.86. The van der Waals surface area contributed by atoms with Crippen LogP contribution in [0.2, 0.25) is 0 Å². The Morgan fingerprint density at radius 2 is 2.21 bits per heavy atom. The zero-order valence-corrected chi connectivity index (χ0v) is 12.1. The van der Waals surface area contributed by atoms with Gasteiger partial charge in [-0.05, 0) is 24.0 Å². The van der Waals surface area contributed by atoms with E-state index in [0.29, 0.717) is 5.92 Å². The second kappa shape index (κ2) is 6.09. The summed E-state index contributed by atoms with van der Waals surface area (Å²) in [5, 5.41) is 3.37. The van der Waals surface area contributed by atoms with E-state index in [0.717, 1.165) is 37.2 Å². The Bertz CT molecular complexity index is 444. The number of para-hydroxylation sites is 1. The van der Waals surface area contributed by atoms with Crippen molar-refractivity contribution in [2.75, 3.05) is 25.5 Å². The Kier molecular flexibility index (Phi) is 4.46. The fourth-order valence-electron chi connectivity index (χ4n) is 2.68. The molecule has 1 aliphatic heterocycles. The number of rotatable bonds is 4. The van der Waals surface area contributed by atoms with Gasteiger partial charge < -0.3 is 10.2 Å². The van der Waals surface area contributed by atoms with Crippen LogP contribution in [0.25, 0.3) is 0 Å². The van der Waals surface area contributed by atoms with Crippen LogP contribution in [0.15, 0.2) is 24.3 Å². The van der Waals surface area contributed by atoms with E-state index in [1.807, 2.05) is 24.1 Å². The van der Waals surface area contributed by atoms with Crippen LogP contribution < -0.4 is 5.32 Å². The van der Waals surface area contributed by atoms with E-state index in [1.54, 1.807) is 0 Å². The molecule has 0 aliphatic carbocycles. The van der Waals surface area contributed by atoms with Crippen LogP contribution in [-0.2, 0) is 4.79 Å². The normalized spacial score (nSPS) is 19.2. The number of carbonyl (C=O) groups is 1. The minimum atomic E-state index is 0.0199. The van der Waals surface area contributed by atoms with Gasteiger partial charge in [-0.3, -0.25) is 4.79 Å². The van der Waals surface area contributed by atoms with Gasteiger partial charge in [0.25, 0.3) is 0 Å². The number of hydrogen-bond donors (Lipinski definition) is 1. The van der Waals surface area contributed by atoms with Crippen molar-refractivity contribution in [1.82, 2.24) is 4.90 Å². The molecule has 1 amide bonds. The van der Waals surface area contributed by atoms with Crippen LogP contribution in [-0.4, -0.2) is 30.9 Å². The smallest absolute Gasteiger partial charge is 0.230 e. The molecule has 19 heavy (non-hydrogen) atoms. The third kappa shape index (κ3) is 3.09. The highest BCUT2D eigenvalue weighted by Crippen LogP contribution is 2.32. The van der Waals surface area contributed by atoms with Crippen LogP contribution >= 0.6 is 0 Å². The van der Waals surface area contributed by atoms with Gasteiger partial charge in [-0.1, -0.05) is 38.5 Å². The Labute approximate surface area is 116 Å². The summed E-state index contributed by atoms with van der Waals surface area (Å²) >= 11 is 0. The van der Waals surface area contributed by atoms with Gasteiger partial charge in [-0.25, -0.2) is 0 Å². The first-order valence-corrected chi connectivity index (χ1v) is 7.21. The summed E-state index contributed by atoms with van der Waals surface area (Å²) in [4.78, 5) is 14.5. The zero-order chi connectivity index (χ0) is 13.8. The summed E-state index contributed by atoms with van der Waals surface area (Å²) in [7, 11) is 1.93. The van der Waals surface area contributed by atoms with Crippen LogP contribution in [0, 0.1) is 5.92 Å². The second-order valence-electron chi connectivity index (χ2n) is 5.59. The fraction of sp³-hybridized carbons (Fsp3) is 0.562. The number of benzene rings is 1. The maximum atomic E-state index is 12.6. The number of hydrogen-bond acceptors (Lipinski definition) is 2. The molecule has 0 aromatic heterocycles. The quantitative estimate of drug-likeness (QED) is 0.902. The van der Waals surface area contributed by atoms with Gasteiger partial charge >= 0.3 is 0 Å². The third-order valence-corrected chi connectivity index (χ3v) is 4.04. The first kappa shape index (κ1) is 13.9. The number of anilines is 1. The van der Waals surface area contributed by atoms with E-state index in [1.165, 1.54) is 0 Å². The number of amides is 1. The number of fused-ring (bicyclic) bond motifs is 1. The summed E-state index contributed by atoms with van der Waals surface area (Å²) in [6.45, 7) is 6.09. The number of nitrogens with zero attached hydrogens (tertiary/aromatic N) is 1. The standard InChI is InChI=1S/C16H24N2O/c1-4-12(2)11-18(3)16(19)14-9-10-17-15-8-6-5-7-13(14)15/h5-8,12,14,17H,4,9-11H2,1-3H3. The Morgan fingerprint density at radius 1 is 1.47 bits per heavy atom. The molecule has 1 aromatic rings. The molecule has 0 spiro atoms. The molecular formula is C16H24N2O. The van der Waals surface area contributed by atoms with Crippen molar-refractivity contribution in [3.8, 4) is 0 Å². The van der Waals surface area contributed by atoms with E-state index < -0.39 is 0 Å². The predicted molar refractivity (Wildman–Crippen MR) is 79.4 cm³/mol. The van der Waals surface area contributed by atoms with Crippen LogP contribution in [0.3, 0.4) is 0 Å². The Hall–Kier alpha value is -1.51. The van der Waals surface area contributed by atoms with Gasteiger partial charge in [0.15, 0.2) is 0 Å². The lowest BCUT2D eigenvalue weighted by Crippen LogP contribution is -2.37. The zero-order valence-electron chi connectivity index (χ0n) is 12.1. The molecule has 1 aliphatic rings. The first-order valence-electron chi connectivity index (χ1n) is 7.21. The molecule has 0 radical (unpaired) electrons. The van der Waals surface area contributed by atoms with Crippen molar-refractivity contribution in [2.45, 2.75) is 32.6 Å². The first-order chi connectivity index (χ1) is 9.13. The second-order valence-corrected chi connectivity index (χ2v) is 5.59. The highest BCUT2D eigenvalue weighted by atomic mass is 16.2. The minimum Gasteiger partial charge on any atom is -0.385 e. The average molecular weight is 260 g/mol.